The van der Waals surface area contributed by atoms with Crippen molar-refractivity contribution in [2.75, 3.05) is 12.8 Å². The van der Waals surface area contributed by atoms with E-state index in [9.17, 15) is 18.0 Å². The predicted molar refractivity (Wildman–Crippen MR) is 127 cm³/mol. The van der Waals surface area contributed by atoms with Crippen LogP contribution in [0.2, 0.25) is 0 Å². The molecule has 3 aromatic rings. The van der Waals surface area contributed by atoms with Crippen molar-refractivity contribution in [2.45, 2.75) is 19.0 Å². The summed E-state index contributed by atoms with van der Waals surface area (Å²) in [4.78, 5) is 26.7. The first-order valence-electron chi connectivity index (χ1n) is 10.6. The Bertz CT molecular complexity index is 1260. The molecule has 2 heterocycles. The third-order valence-corrected chi connectivity index (χ3v) is 7.00. The monoisotopic (exact) mass is 463 g/mol. The van der Waals surface area contributed by atoms with E-state index in [1.807, 2.05) is 53.4 Å². The molecule has 0 aliphatic carbocycles. The second-order valence-corrected chi connectivity index (χ2v) is 9.89. The van der Waals surface area contributed by atoms with Crippen LogP contribution in [-0.4, -0.2) is 48.5 Å². The fourth-order valence-corrected chi connectivity index (χ4v) is 5.11. The highest BCUT2D eigenvalue weighted by atomic mass is 32.2. The molecule has 1 N–H and O–H groups in total. The Morgan fingerprint density at radius 2 is 1.64 bits per heavy atom. The smallest absolute Gasteiger partial charge is 0.251 e. The summed E-state index contributed by atoms with van der Waals surface area (Å²) in [7, 11) is -1.76. The van der Waals surface area contributed by atoms with E-state index < -0.39 is 15.9 Å². The third-order valence-electron chi connectivity index (χ3n) is 5.62. The van der Waals surface area contributed by atoms with E-state index in [1.54, 1.807) is 42.3 Å². The number of benzene rings is 2. The van der Waals surface area contributed by atoms with Crippen LogP contribution >= 0.6 is 0 Å². The number of carbonyl (C=O) groups is 2. The van der Waals surface area contributed by atoms with Crippen LogP contribution in [0.1, 0.15) is 21.5 Å². The lowest BCUT2D eigenvalue weighted by atomic mass is 10.1. The van der Waals surface area contributed by atoms with Crippen LogP contribution in [0, 0.1) is 0 Å². The molecule has 2 aromatic carbocycles. The van der Waals surface area contributed by atoms with Gasteiger partial charge in [-0.2, -0.15) is 0 Å². The van der Waals surface area contributed by atoms with Crippen LogP contribution in [-0.2, 0) is 27.6 Å². The number of rotatable bonds is 7. The molecule has 1 atom stereocenters. The lowest BCUT2D eigenvalue weighted by Gasteiger charge is -2.28. The summed E-state index contributed by atoms with van der Waals surface area (Å²) >= 11 is 0. The predicted octanol–water partition coefficient (Wildman–Crippen LogP) is 2.72. The number of nitrogens with one attached hydrogen (secondary N) is 1. The Hall–Kier alpha value is -3.65. The molecule has 8 heteroatoms. The van der Waals surface area contributed by atoms with E-state index in [4.69, 9.17) is 0 Å². The number of hydrogen-bond acceptors (Lipinski definition) is 4. The van der Waals surface area contributed by atoms with Gasteiger partial charge in [0.15, 0.2) is 9.84 Å². The number of hydrogen-bond donors (Lipinski definition) is 1. The summed E-state index contributed by atoms with van der Waals surface area (Å²) in [6.07, 6.45) is 5.63. The Balaban J connectivity index is 1.52. The maximum Gasteiger partial charge on any atom is 0.251 e. The normalized spacial score (nSPS) is 16.5. The van der Waals surface area contributed by atoms with Crippen molar-refractivity contribution in [1.29, 1.82) is 0 Å². The number of nitrogens with zero attached hydrogens (tertiary/aromatic N) is 2. The largest absolute Gasteiger partial charge is 0.355 e. The lowest BCUT2D eigenvalue weighted by molar-refractivity contribution is -0.132. The second kappa shape index (κ2) is 9.46. The van der Waals surface area contributed by atoms with Crippen LogP contribution in [0.5, 0.6) is 0 Å². The van der Waals surface area contributed by atoms with E-state index in [0.717, 1.165) is 16.8 Å². The highest BCUT2D eigenvalue weighted by Gasteiger charge is 2.30. The summed E-state index contributed by atoms with van der Waals surface area (Å²) in [5.74, 6) is -0.477. The fourth-order valence-electron chi connectivity index (χ4n) is 3.82. The minimum absolute atomic E-state index is 0.123. The highest BCUT2D eigenvalue weighted by Crippen LogP contribution is 2.20. The summed E-state index contributed by atoms with van der Waals surface area (Å²) in [6, 6.07) is 18.0. The quantitative estimate of drug-likeness (QED) is 0.584. The summed E-state index contributed by atoms with van der Waals surface area (Å²) < 4.78 is 26.0. The van der Waals surface area contributed by atoms with E-state index >= 15 is 0 Å². The van der Waals surface area contributed by atoms with Crippen LogP contribution in [0.25, 0.3) is 5.69 Å². The third kappa shape index (κ3) is 5.40. The molecule has 1 aromatic heterocycles. The van der Waals surface area contributed by atoms with Gasteiger partial charge in [0.2, 0.25) is 5.91 Å². The molecular formula is C25H25N3O4S. The van der Waals surface area contributed by atoms with E-state index in [2.05, 4.69) is 5.32 Å². The summed E-state index contributed by atoms with van der Waals surface area (Å²) in [6.45, 7) is 0.249. The first-order valence-corrected chi connectivity index (χ1v) is 12.3. The zero-order valence-corrected chi connectivity index (χ0v) is 19.0. The molecule has 0 saturated carbocycles. The molecule has 2 amide bonds. The Labute approximate surface area is 193 Å². The van der Waals surface area contributed by atoms with Crippen molar-refractivity contribution in [1.82, 2.24) is 14.8 Å². The van der Waals surface area contributed by atoms with Crippen LogP contribution < -0.4 is 5.32 Å². The van der Waals surface area contributed by atoms with Crippen molar-refractivity contribution in [3.8, 4) is 5.69 Å². The highest BCUT2D eigenvalue weighted by molar-refractivity contribution is 7.94. The molecule has 170 valence electrons. The zero-order valence-electron chi connectivity index (χ0n) is 18.2. The number of carbonyl (C=O) groups excluding carboxylic acids is 2. The molecule has 7 nitrogen and oxygen atoms in total. The van der Waals surface area contributed by atoms with Gasteiger partial charge in [-0.05, 0) is 53.6 Å². The molecule has 1 aliphatic heterocycles. The number of aromatic nitrogens is 1. The molecule has 4 rings (SSSR count). The topological polar surface area (TPSA) is 88.5 Å². The van der Waals surface area contributed by atoms with Crippen molar-refractivity contribution in [2.24, 2.45) is 0 Å². The van der Waals surface area contributed by atoms with Crippen molar-refractivity contribution < 1.29 is 18.0 Å². The molecule has 1 unspecified atom stereocenters. The van der Waals surface area contributed by atoms with Crippen molar-refractivity contribution >= 4 is 21.7 Å². The average molecular weight is 464 g/mol. The first kappa shape index (κ1) is 22.5. The van der Waals surface area contributed by atoms with E-state index in [0.29, 0.717) is 5.56 Å². The van der Waals surface area contributed by atoms with Crippen LogP contribution in [0.15, 0.2) is 84.5 Å². The van der Waals surface area contributed by atoms with Gasteiger partial charge in [-0.1, -0.05) is 24.3 Å². The van der Waals surface area contributed by atoms with Gasteiger partial charge in [0.05, 0.1) is 18.2 Å². The molecule has 0 fully saturated rings. The van der Waals surface area contributed by atoms with Gasteiger partial charge in [0.25, 0.3) is 5.91 Å². The minimum atomic E-state index is -3.32. The van der Waals surface area contributed by atoms with Gasteiger partial charge >= 0.3 is 0 Å². The first-order chi connectivity index (χ1) is 15.8. The second-order valence-electron chi connectivity index (χ2n) is 7.96. The minimum Gasteiger partial charge on any atom is -0.355 e. The Kier molecular flexibility index (Phi) is 6.46. The van der Waals surface area contributed by atoms with Crippen molar-refractivity contribution in [3.05, 3.63) is 101 Å². The average Bonchev–Trinajstić information content (AvgIpc) is 3.47. The molecule has 1 aliphatic rings. The number of amides is 2. The van der Waals surface area contributed by atoms with Gasteiger partial charge in [-0.25, -0.2) is 8.42 Å². The Morgan fingerprint density at radius 1 is 1.00 bits per heavy atom. The van der Waals surface area contributed by atoms with Gasteiger partial charge in [0, 0.05) is 42.6 Å². The molecule has 0 spiro atoms. The van der Waals surface area contributed by atoms with Gasteiger partial charge < -0.3 is 14.8 Å². The van der Waals surface area contributed by atoms with E-state index in [-0.39, 0.29) is 30.5 Å². The maximum absolute atomic E-state index is 13.3. The zero-order chi connectivity index (χ0) is 23.4. The molecule has 0 radical (unpaired) electrons. The molecular weight excluding hydrogens is 438 g/mol. The number of sulfone groups is 1. The summed E-state index contributed by atoms with van der Waals surface area (Å²) in [5, 5.41) is 3.75. The molecule has 0 saturated heterocycles. The standard InChI is InChI=1S/C25H25N3O4S/c1-26-25(30)21-8-4-20(5-9-21)17-28(23-12-15-33(31,32)18-23)24(29)16-19-6-10-22(11-7-19)27-13-2-3-14-27/h2-15,23H,16-18H2,1H3,(H,26,30). The lowest BCUT2D eigenvalue weighted by Crippen LogP contribution is -2.41. The summed E-state index contributed by atoms with van der Waals surface area (Å²) in [5.41, 5.74) is 3.18. The van der Waals surface area contributed by atoms with Crippen LogP contribution in [0.4, 0.5) is 0 Å². The van der Waals surface area contributed by atoms with Gasteiger partial charge in [0.1, 0.15) is 0 Å². The molecule has 33 heavy (non-hydrogen) atoms. The molecule has 0 bridgehead atoms. The van der Waals surface area contributed by atoms with E-state index in [1.165, 1.54) is 5.41 Å². The van der Waals surface area contributed by atoms with Gasteiger partial charge in [-0.3, -0.25) is 9.59 Å². The van der Waals surface area contributed by atoms with Crippen LogP contribution in [0.3, 0.4) is 0 Å². The fraction of sp³-hybridized carbons (Fsp3) is 0.200. The maximum atomic E-state index is 13.3. The van der Waals surface area contributed by atoms with Crippen molar-refractivity contribution in [3.63, 3.8) is 0 Å². The SMILES string of the molecule is CNC(=O)c1ccc(CN(C(=O)Cc2ccc(-n3cccc3)cc2)C2C=CS(=O)(=O)C2)cc1. The van der Waals surface area contributed by atoms with Gasteiger partial charge in [-0.15, -0.1) is 0 Å². The Morgan fingerprint density at radius 3 is 2.21 bits per heavy atom.